The number of aryl methyl sites for hydroxylation is 2. The number of halogens is 2. The first-order valence-corrected chi connectivity index (χ1v) is 10.5. The van der Waals surface area contributed by atoms with Crippen LogP contribution in [0.25, 0.3) is 0 Å². The van der Waals surface area contributed by atoms with Gasteiger partial charge in [-0.25, -0.2) is 0 Å². The largest absolute Gasteiger partial charge is 0.332 e. The summed E-state index contributed by atoms with van der Waals surface area (Å²) in [6.45, 7) is 3.84. The number of carbonyl (C=O) groups is 2. The summed E-state index contributed by atoms with van der Waals surface area (Å²) in [5.74, 6) is -0.665. The van der Waals surface area contributed by atoms with Crippen molar-refractivity contribution in [3.63, 3.8) is 0 Å². The summed E-state index contributed by atoms with van der Waals surface area (Å²) in [4.78, 5) is 25.0. The van der Waals surface area contributed by atoms with Crippen LogP contribution in [0.1, 0.15) is 31.8 Å². The standard InChI is InChI=1S/C23H19Cl2N3O2S/c1-13-6-8-18(14(2)10-13)21(29)28-23(31)27-17-5-3-4-16(12-17)26-22(30)19-9-7-15(24)11-20(19)25/h3-12H,1-2H3,(H,26,30)(H2,27,28,29,31). The van der Waals surface area contributed by atoms with E-state index < -0.39 is 0 Å². The zero-order chi connectivity index (χ0) is 22.5. The third kappa shape index (κ3) is 6.04. The topological polar surface area (TPSA) is 70.2 Å². The van der Waals surface area contributed by atoms with Crippen molar-refractivity contribution in [1.82, 2.24) is 5.32 Å². The van der Waals surface area contributed by atoms with Crippen LogP contribution < -0.4 is 16.0 Å². The van der Waals surface area contributed by atoms with Crippen molar-refractivity contribution in [2.24, 2.45) is 0 Å². The van der Waals surface area contributed by atoms with Gasteiger partial charge in [0.25, 0.3) is 11.8 Å². The van der Waals surface area contributed by atoms with E-state index in [9.17, 15) is 9.59 Å². The van der Waals surface area contributed by atoms with Crippen LogP contribution in [0.2, 0.25) is 10.0 Å². The highest BCUT2D eigenvalue weighted by atomic mass is 35.5. The molecule has 3 N–H and O–H groups in total. The number of hydrogen-bond acceptors (Lipinski definition) is 3. The Morgan fingerprint density at radius 1 is 0.806 bits per heavy atom. The minimum atomic E-state index is -0.371. The molecule has 0 aliphatic carbocycles. The van der Waals surface area contributed by atoms with Gasteiger partial charge in [-0.1, -0.05) is 47.0 Å². The highest BCUT2D eigenvalue weighted by molar-refractivity contribution is 7.80. The van der Waals surface area contributed by atoms with Crippen LogP contribution in [0.3, 0.4) is 0 Å². The lowest BCUT2D eigenvalue weighted by molar-refractivity contribution is 0.0975. The van der Waals surface area contributed by atoms with Gasteiger partial charge in [0.15, 0.2) is 5.11 Å². The summed E-state index contributed by atoms with van der Waals surface area (Å²) in [5.41, 5.74) is 3.94. The van der Waals surface area contributed by atoms with Crippen LogP contribution in [0, 0.1) is 13.8 Å². The van der Waals surface area contributed by atoms with E-state index in [0.717, 1.165) is 11.1 Å². The second-order valence-electron chi connectivity index (χ2n) is 6.89. The first kappa shape index (κ1) is 22.7. The highest BCUT2D eigenvalue weighted by Gasteiger charge is 2.13. The van der Waals surface area contributed by atoms with Gasteiger partial charge in [0, 0.05) is 22.0 Å². The van der Waals surface area contributed by atoms with E-state index in [1.165, 1.54) is 6.07 Å². The van der Waals surface area contributed by atoms with E-state index in [-0.39, 0.29) is 21.9 Å². The highest BCUT2D eigenvalue weighted by Crippen LogP contribution is 2.23. The van der Waals surface area contributed by atoms with E-state index in [0.29, 0.717) is 27.5 Å². The Morgan fingerprint density at radius 3 is 2.16 bits per heavy atom. The lowest BCUT2D eigenvalue weighted by atomic mass is 10.1. The van der Waals surface area contributed by atoms with E-state index >= 15 is 0 Å². The average Bonchev–Trinajstić information content (AvgIpc) is 2.67. The van der Waals surface area contributed by atoms with E-state index in [1.54, 1.807) is 42.5 Å². The van der Waals surface area contributed by atoms with Crippen LogP contribution in [-0.2, 0) is 0 Å². The van der Waals surface area contributed by atoms with Gasteiger partial charge < -0.3 is 10.6 Å². The first-order valence-electron chi connectivity index (χ1n) is 9.29. The van der Waals surface area contributed by atoms with Crippen LogP contribution in [0.15, 0.2) is 60.7 Å². The fourth-order valence-corrected chi connectivity index (χ4v) is 3.65. The van der Waals surface area contributed by atoms with Crippen LogP contribution in [-0.4, -0.2) is 16.9 Å². The van der Waals surface area contributed by atoms with Gasteiger partial charge in [-0.3, -0.25) is 14.9 Å². The Hall–Kier alpha value is -2.93. The van der Waals surface area contributed by atoms with Gasteiger partial charge in [0.05, 0.1) is 10.6 Å². The Balaban J connectivity index is 1.65. The summed E-state index contributed by atoms with van der Waals surface area (Å²) >= 11 is 17.2. The number of hydrogen-bond donors (Lipinski definition) is 3. The molecule has 0 aliphatic heterocycles. The van der Waals surface area contributed by atoms with E-state index in [4.69, 9.17) is 35.4 Å². The minimum Gasteiger partial charge on any atom is -0.332 e. The van der Waals surface area contributed by atoms with Crippen molar-refractivity contribution in [3.05, 3.63) is 93.0 Å². The van der Waals surface area contributed by atoms with Gasteiger partial charge in [0.2, 0.25) is 0 Å². The lowest BCUT2D eigenvalue weighted by Gasteiger charge is -2.13. The number of benzene rings is 3. The molecular weight excluding hydrogens is 453 g/mol. The Morgan fingerprint density at radius 2 is 1.48 bits per heavy atom. The molecule has 0 bridgehead atoms. The molecular formula is C23H19Cl2N3O2S. The molecule has 0 atom stereocenters. The maximum Gasteiger partial charge on any atom is 0.257 e. The molecule has 0 saturated heterocycles. The predicted molar refractivity (Wildman–Crippen MR) is 130 cm³/mol. The molecule has 3 aromatic rings. The molecule has 0 aliphatic rings. The molecule has 5 nitrogen and oxygen atoms in total. The van der Waals surface area contributed by atoms with Gasteiger partial charge in [0.1, 0.15) is 0 Å². The van der Waals surface area contributed by atoms with Gasteiger partial charge in [-0.05, 0) is 74.1 Å². The Kier molecular flexibility index (Phi) is 7.28. The monoisotopic (exact) mass is 471 g/mol. The molecule has 3 aromatic carbocycles. The summed E-state index contributed by atoms with van der Waals surface area (Å²) < 4.78 is 0. The maximum atomic E-state index is 12.5. The molecule has 0 aromatic heterocycles. The second-order valence-corrected chi connectivity index (χ2v) is 8.14. The van der Waals surface area contributed by atoms with Gasteiger partial charge in [-0.2, -0.15) is 0 Å². The fourth-order valence-electron chi connectivity index (χ4n) is 2.95. The molecule has 0 unspecified atom stereocenters. The lowest BCUT2D eigenvalue weighted by Crippen LogP contribution is -2.34. The van der Waals surface area contributed by atoms with E-state index in [1.807, 2.05) is 26.0 Å². The molecule has 0 fully saturated rings. The molecule has 0 heterocycles. The van der Waals surface area contributed by atoms with Crippen molar-refractivity contribution in [2.45, 2.75) is 13.8 Å². The number of nitrogens with one attached hydrogen (secondary N) is 3. The third-order valence-electron chi connectivity index (χ3n) is 4.41. The van der Waals surface area contributed by atoms with Crippen molar-refractivity contribution >= 4 is 63.7 Å². The molecule has 158 valence electrons. The number of anilines is 2. The Labute approximate surface area is 195 Å². The zero-order valence-corrected chi connectivity index (χ0v) is 19.1. The van der Waals surface area contributed by atoms with Gasteiger partial charge in [-0.15, -0.1) is 0 Å². The SMILES string of the molecule is Cc1ccc(C(=O)NC(=S)Nc2cccc(NC(=O)c3ccc(Cl)cc3Cl)c2)c(C)c1. The second kappa shape index (κ2) is 9.92. The van der Waals surface area contributed by atoms with Crippen LogP contribution in [0.5, 0.6) is 0 Å². The molecule has 2 amide bonds. The van der Waals surface area contributed by atoms with Crippen LogP contribution in [0.4, 0.5) is 11.4 Å². The fraction of sp³-hybridized carbons (Fsp3) is 0.0870. The van der Waals surface area contributed by atoms with Crippen molar-refractivity contribution in [3.8, 4) is 0 Å². The summed E-state index contributed by atoms with van der Waals surface area (Å²) in [6.07, 6.45) is 0. The molecule has 0 spiro atoms. The number of rotatable bonds is 4. The molecule has 8 heteroatoms. The smallest absolute Gasteiger partial charge is 0.257 e. The number of amides is 2. The van der Waals surface area contributed by atoms with Crippen molar-refractivity contribution in [2.75, 3.05) is 10.6 Å². The number of carbonyl (C=O) groups excluding carboxylic acids is 2. The predicted octanol–water partition coefficient (Wildman–Crippen LogP) is 5.99. The third-order valence-corrected chi connectivity index (χ3v) is 5.16. The normalized spacial score (nSPS) is 10.3. The summed E-state index contributed by atoms with van der Waals surface area (Å²) in [7, 11) is 0. The van der Waals surface area contributed by atoms with Crippen molar-refractivity contribution in [1.29, 1.82) is 0 Å². The quantitative estimate of drug-likeness (QED) is 0.408. The molecule has 31 heavy (non-hydrogen) atoms. The molecule has 0 radical (unpaired) electrons. The zero-order valence-electron chi connectivity index (χ0n) is 16.8. The summed E-state index contributed by atoms with van der Waals surface area (Å²) in [6, 6.07) is 17.2. The first-order chi connectivity index (χ1) is 14.7. The average molecular weight is 472 g/mol. The maximum absolute atomic E-state index is 12.5. The van der Waals surface area contributed by atoms with Gasteiger partial charge >= 0.3 is 0 Å². The summed E-state index contributed by atoms with van der Waals surface area (Å²) in [5, 5.41) is 9.25. The van der Waals surface area contributed by atoms with Crippen molar-refractivity contribution < 1.29 is 9.59 Å². The van der Waals surface area contributed by atoms with E-state index in [2.05, 4.69) is 16.0 Å². The number of thiocarbonyl (C=S) groups is 1. The molecule has 0 saturated carbocycles. The molecule has 3 rings (SSSR count). The minimum absolute atomic E-state index is 0.147. The Bertz CT molecular complexity index is 1180. The van der Waals surface area contributed by atoms with Crippen LogP contribution >= 0.6 is 35.4 Å².